The van der Waals surface area contributed by atoms with Crippen molar-refractivity contribution in [3.8, 4) is 5.75 Å². The van der Waals surface area contributed by atoms with Crippen LogP contribution in [0.3, 0.4) is 0 Å². The minimum atomic E-state index is -0.495. The van der Waals surface area contributed by atoms with Gasteiger partial charge in [-0.3, -0.25) is 4.79 Å². The van der Waals surface area contributed by atoms with Crippen molar-refractivity contribution in [2.45, 2.75) is 39.2 Å². The number of piperidine rings is 1. The van der Waals surface area contributed by atoms with E-state index in [0.717, 1.165) is 24.5 Å². The van der Waals surface area contributed by atoms with Gasteiger partial charge in [0.15, 0.2) is 0 Å². The van der Waals surface area contributed by atoms with Crippen molar-refractivity contribution in [3.63, 3.8) is 0 Å². The molecule has 3 rings (SSSR count). The summed E-state index contributed by atoms with van der Waals surface area (Å²) in [5.41, 5.74) is 0.581. The molecule has 2 aliphatic rings. The van der Waals surface area contributed by atoms with Gasteiger partial charge in [-0.2, -0.15) is 0 Å². The Kier molecular flexibility index (Phi) is 6.55. The zero-order valence-electron chi connectivity index (χ0n) is 18.0. The molecular weight excluding hydrogens is 370 g/mol. The maximum absolute atomic E-state index is 13.0. The third kappa shape index (κ3) is 5.34. The third-order valence-electron chi connectivity index (χ3n) is 5.51. The fraction of sp³-hybridized carbons (Fsp3) is 0.636. The molecule has 2 aliphatic heterocycles. The van der Waals surface area contributed by atoms with E-state index in [1.54, 1.807) is 12.0 Å². The van der Waals surface area contributed by atoms with Crippen molar-refractivity contribution in [2.75, 3.05) is 51.3 Å². The molecule has 29 heavy (non-hydrogen) atoms. The summed E-state index contributed by atoms with van der Waals surface area (Å²) >= 11 is 0. The first-order chi connectivity index (χ1) is 13.8. The van der Waals surface area contributed by atoms with Crippen LogP contribution >= 0.6 is 0 Å². The highest BCUT2D eigenvalue weighted by atomic mass is 16.6. The van der Waals surface area contributed by atoms with Gasteiger partial charge in [0.25, 0.3) is 0 Å². The molecule has 1 aromatic carbocycles. The highest BCUT2D eigenvalue weighted by Gasteiger charge is 2.33. The predicted octanol–water partition coefficient (Wildman–Crippen LogP) is 2.99. The first-order valence-corrected chi connectivity index (χ1v) is 10.4. The molecule has 2 amide bonds. The summed E-state index contributed by atoms with van der Waals surface area (Å²) in [5.74, 6) is 1.07. The lowest BCUT2D eigenvalue weighted by molar-refractivity contribution is -0.137. The zero-order valence-corrected chi connectivity index (χ0v) is 18.0. The molecule has 0 saturated carbocycles. The number of benzene rings is 1. The van der Waals surface area contributed by atoms with Crippen LogP contribution in [0, 0.1) is 5.92 Å². The highest BCUT2D eigenvalue weighted by molar-refractivity contribution is 5.80. The van der Waals surface area contributed by atoms with E-state index in [9.17, 15) is 9.59 Å². The number of para-hydroxylation sites is 2. The quantitative estimate of drug-likeness (QED) is 0.776. The van der Waals surface area contributed by atoms with Crippen molar-refractivity contribution in [1.82, 2.24) is 9.80 Å². The number of methoxy groups -OCH3 is 1. The van der Waals surface area contributed by atoms with Crippen molar-refractivity contribution in [1.29, 1.82) is 0 Å². The largest absolute Gasteiger partial charge is 0.495 e. The molecule has 2 saturated heterocycles. The van der Waals surface area contributed by atoms with Gasteiger partial charge in [-0.1, -0.05) is 12.1 Å². The van der Waals surface area contributed by atoms with E-state index in [1.807, 2.05) is 43.9 Å². The summed E-state index contributed by atoms with van der Waals surface area (Å²) in [4.78, 5) is 31.1. The molecule has 0 aromatic heterocycles. The van der Waals surface area contributed by atoms with E-state index in [-0.39, 0.29) is 17.9 Å². The molecule has 7 nitrogen and oxygen atoms in total. The van der Waals surface area contributed by atoms with E-state index in [0.29, 0.717) is 39.0 Å². The minimum absolute atomic E-state index is 0.00787. The number of carbonyl (C=O) groups is 2. The average Bonchev–Trinajstić information content (AvgIpc) is 2.72. The second-order valence-electron chi connectivity index (χ2n) is 8.73. The normalized spacial score (nSPS) is 18.6. The van der Waals surface area contributed by atoms with Crippen LogP contribution in [0.2, 0.25) is 0 Å². The Morgan fingerprint density at radius 2 is 1.55 bits per heavy atom. The summed E-state index contributed by atoms with van der Waals surface area (Å²) in [7, 11) is 1.68. The van der Waals surface area contributed by atoms with Gasteiger partial charge in [-0.05, 0) is 45.7 Å². The SMILES string of the molecule is COc1ccccc1N1CCN(C(=O)C2CCN(C(=O)OC(C)(C)C)CC2)CC1. The molecule has 0 N–H and O–H groups in total. The van der Waals surface area contributed by atoms with Crippen molar-refractivity contribution >= 4 is 17.7 Å². The Labute approximate surface area is 173 Å². The van der Waals surface area contributed by atoms with Gasteiger partial charge in [0.2, 0.25) is 5.91 Å². The standard InChI is InChI=1S/C22H33N3O4/c1-22(2,3)29-21(27)25-11-9-17(10-12-25)20(26)24-15-13-23(14-16-24)18-7-5-6-8-19(18)28-4/h5-8,17H,9-16H2,1-4H3. The number of hydrogen-bond acceptors (Lipinski definition) is 5. The zero-order chi connectivity index (χ0) is 21.0. The van der Waals surface area contributed by atoms with Gasteiger partial charge in [-0.15, -0.1) is 0 Å². The second kappa shape index (κ2) is 8.93. The van der Waals surface area contributed by atoms with Crippen molar-refractivity contribution in [2.24, 2.45) is 5.92 Å². The van der Waals surface area contributed by atoms with E-state index in [1.165, 1.54) is 0 Å². The first-order valence-electron chi connectivity index (χ1n) is 10.4. The maximum Gasteiger partial charge on any atom is 0.410 e. The minimum Gasteiger partial charge on any atom is -0.495 e. The van der Waals surface area contributed by atoms with E-state index in [2.05, 4.69) is 11.0 Å². The first kappa shape index (κ1) is 21.3. The predicted molar refractivity (Wildman–Crippen MR) is 112 cm³/mol. The molecule has 7 heteroatoms. The monoisotopic (exact) mass is 403 g/mol. The average molecular weight is 404 g/mol. The van der Waals surface area contributed by atoms with Crippen LogP contribution in [0.1, 0.15) is 33.6 Å². The number of piperazine rings is 1. The van der Waals surface area contributed by atoms with Crippen LogP contribution in [0.25, 0.3) is 0 Å². The molecule has 0 bridgehead atoms. The lowest BCUT2D eigenvalue weighted by Crippen LogP contribution is -2.52. The van der Waals surface area contributed by atoms with E-state index in [4.69, 9.17) is 9.47 Å². The Morgan fingerprint density at radius 1 is 0.931 bits per heavy atom. The summed E-state index contributed by atoms with van der Waals surface area (Å²) < 4.78 is 10.9. The van der Waals surface area contributed by atoms with Gasteiger partial charge in [0.05, 0.1) is 12.8 Å². The van der Waals surface area contributed by atoms with Gasteiger partial charge < -0.3 is 24.2 Å². The molecule has 1 aromatic rings. The fourth-order valence-electron chi connectivity index (χ4n) is 3.95. The van der Waals surface area contributed by atoms with E-state index < -0.39 is 5.60 Å². The number of nitrogens with zero attached hydrogens (tertiary/aromatic N) is 3. The Balaban J connectivity index is 1.49. The van der Waals surface area contributed by atoms with Crippen molar-refractivity contribution in [3.05, 3.63) is 24.3 Å². The van der Waals surface area contributed by atoms with Gasteiger partial charge in [0, 0.05) is 45.2 Å². The summed E-state index contributed by atoms with van der Waals surface area (Å²) in [5, 5.41) is 0. The Hall–Kier alpha value is -2.44. The number of likely N-dealkylation sites (tertiary alicyclic amines) is 1. The Bertz CT molecular complexity index is 715. The van der Waals surface area contributed by atoms with Crippen LogP contribution in [0.4, 0.5) is 10.5 Å². The Morgan fingerprint density at radius 3 is 2.14 bits per heavy atom. The van der Waals surface area contributed by atoms with Gasteiger partial charge >= 0.3 is 6.09 Å². The number of ether oxygens (including phenoxy) is 2. The van der Waals surface area contributed by atoms with Crippen LogP contribution < -0.4 is 9.64 Å². The maximum atomic E-state index is 13.0. The molecule has 160 valence electrons. The molecule has 0 aliphatic carbocycles. The number of hydrogen-bond donors (Lipinski definition) is 0. The van der Waals surface area contributed by atoms with Gasteiger partial charge in [-0.25, -0.2) is 4.79 Å². The van der Waals surface area contributed by atoms with Crippen LogP contribution in [-0.2, 0) is 9.53 Å². The molecule has 0 atom stereocenters. The molecule has 0 radical (unpaired) electrons. The number of rotatable bonds is 3. The topological polar surface area (TPSA) is 62.3 Å². The highest BCUT2D eigenvalue weighted by Crippen LogP contribution is 2.29. The van der Waals surface area contributed by atoms with Crippen LogP contribution in [0.15, 0.2) is 24.3 Å². The number of amides is 2. The van der Waals surface area contributed by atoms with E-state index >= 15 is 0 Å². The molecule has 0 spiro atoms. The molecule has 0 unspecified atom stereocenters. The summed E-state index contributed by atoms with van der Waals surface area (Å²) in [6.07, 6.45) is 1.11. The number of anilines is 1. The fourth-order valence-corrected chi connectivity index (χ4v) is 3.95. The molecule has 2 heterocycles. The third-order valence-corrected chi connectivity index (χ3v) is 5.51. The van der Waals surface area contributed by atoms with Crippen LogP contribution in [0.5, 0.6) is 5.75 Å². The second-order valence-corrected chi connectivity index (χ2v) is 8.73. The van der Waals surface area contributed by atoms with Gasteiger partial charge in [0.1, 0.15) is 11.4 Å². The summed E-state index contributed by atoms with van der Waals surface area (Å²) in [6, 6.07) is 7.99. The van der Waals surface area contributed by atoms with Crippen LogP contribution in [-0.4, -0.2) is 73.8 Å². The van der Waals surface area contributed by atoms with Crippen molar-refractivity contribution < 1.29 is 19.1 Å². The lowest BCUT2D eigenvalue weighted by Gasteiger charge is -2.39. The molecular formula is C22H33N3O4. The smallest absolute Gasteiger partial charge is 0.410 e. The molecule has 2 fully saturated rings. The summed E-state index contributed by atoms with van der Waals surface area (Å²) in [6.45, 7) is 9.76. The lowest BCUT2D eigenvalue weighted by atomic mass is 9.95. The number of carbonyl (C=O) groups excluding carboxylic acids is 2.